The number of nitrogens with zero attached hydrogens (tertiary/aromatic N) is 1. The number of nitrogens with one attached hydrogen (secondary N) is 1. The van der Waals surface area contributed by atoms with Crippen molar-refractivity contribution in [2.45, 2.75) is 17.7 Å². The zero-order valence-corrected chi connectivity index (χ0v) is 16.6. The SMILES string of the molecule is O=C(CCSc1ccccc1)NCC1CCN(c2cccc(Br)c2)C1. The van der Waals surface area contributed by atoms with Crippen molar-refractivity contribution >= 4 is 39.3 Å². The van der Waals surface area contributed by atoms with E-state index in [1.54, 1.807) is 11.8 Å². The van der Waals surface area contributed by atoms with Gasteiger partial charge in [-0.2, -0.15) is 0 Å². The Morgan fingerprint density at radius 2 is 2.04 bits per heavy atom. The fourth-order valence-corrected chi connectivity index (χ4v) is 4.29. The van der Waals surface area contributed by atoms with Gasteiger partial charge in [-0.1, -0.05) is 40.2 Å². The molecule has 1 amide bonds. The van der Waals surface area contributed by atoms with Crippen LogP contribution in [0.15, 0.2) is 64.0 Å². The first-order valence-corrected chi connectivity index (χ1v) is 10.4. The second-order valence-electron chi connectivity index (χ2n) is 6.30. The largest absolute Gasteiger partial charge is 0.371 e. The van der Waals surface area contributed by atoms with E-state index in [1.807, 2.05) is 24.3 Å². The van der Waals surface area contributed by atoms with Gasteiger partial charge in [-0.25, -0.2) is 0 Å². The molecule has 2 aromatic carbocycles. The molecule has 1 aliphatic heterocycles. The van der Waals surface area contributed by atoms with Gasteiger partial charge in [-0.3, -0.25) is 4.79 Å². The summed E-state index contributed by atoms with van der Waals surface area (Å²) in [5.74, 6) is 1.51. The first-order chi connectivity index (χ1) is 12.2. The Morgan fingerprint density at radius 3 is 2.84 bits per heavy atom. The number of carbonyl (C=O) groups excluding carboxylic acids is 1. The average Bonchev–Trinajstić information content (AvgIpc) is 3.10. The van der Waals surface area contributed by atoms with Crippen LogP contribution in [0.3, 0.4) is 0 Å². The molecule has 1 atom stereocenters. The van der Waals surface area contributed by atoms with Gasteiger partial charge >= 0.3 is 0 Å². The molecule has 1 N–H and O–H groups in total. The standard InChI is InChI=1S/C20H23BrN2OS/c21-17-5-4-6-18(13-17)23-11-9-16(15-23)14-22-20(24)10-12-25-19-7-2-1-3-8-19/h1-8,13,16H,9-12,14-15H2,(H,22,24). The maximum atomic E-state index is 12.0. The van der Waals surface area contributed by atoms with Crippen LogP contribution in [0.5, 0.6) is 0 Å². The molecular weight excluding hydrogens is 396 g/mol. The van der Waals surface area contributed by atoms with Crippen molar-refractivity contribution in [2.75, 3.05) is 30.3 Å². The van der Waals surface area contributed by atoms with Crippen molar-refractivity contribution in [1.29, 1.82) is 0 Å². The number of rotatable bonds is 7. The summed E-state index contributed by atoms with van der Waals surface area (Å²) in [6.45, 7) is 2.84. The molecule has 0 saturated carbocycles. The van der Waals surface area contributed by atoms with Crippen LogP contribution in [0.25, 0.3) is 0 Å². The van der Waals surface area contributed by atoms with Crippen LogP contribution >= 0.6 is 27.7 Å². The summed E-state index contributed by atoms with van der Waals surface area (Å²) >= 11 is 5.26. The minimum atomic E-state index is 0.157. The van der Waals surface area contributed by atoms with E-state index < -0.39 is 0 Å². The van der Waals surface area contributed by atoms with Crippen molar-refractivity contribution < 1.29 is 4.79 Å². The van der Waals surface area contributed by atoms with Gasteiger partial charge in [0.25, 0.3) is 0 Å². The van der Waals surface area contributed by atoms with E-state index in [1.165, 1.54) is 10.6 Å². The maximum Gasteiger partial charge on any atom is 0.220 e. The van der Waals surface area contributed by atoms with Crippen LogP contribution in [0, 0.1) is 5.92 Å². The van der Waals surface area contributed by atoms with Gasteiger partial charge in [0.05, 0.1) is 0 Å². The molecule has 1 heterocycles. The van der Waals surface area contributed by atoms with Crippen LogP contribution in [0.2, 0.25) is 0 Å². The Morgan fingerprint density at radius 1 is 1.20 bits per heavy atom. The van der Waals surface area contributed by atoms with E-state index in [9.17, 15) is 4.79 Å². The highest BCUT2D eigenvalue weighted by atomic mass is 79.9. The molecule has 1 fully saturated rings. The molecule has 25 heavy (non-hydrogen) atoms. The lowest BCUT2D eigenvalue weighted by atomic mass is 10.1. The number of benzene rings is 2. The molecular formula is C20H23BrN2OS. The molecule has 3 nitrogen and oxygen atoms in total. The average molecular weight is 419 g/mol. The predicted octanol–water partition coefficient (Wildman–Crippen LogP) is 4.57. The second kappa shape index (κ2) is 9.30. The number of carbonyl (C=O) groups is 1. The third-order valence-corrected chi connectivity index (χ3v) is 5.90. The van der Waals surface area contributed by atoms with Gasteiger partial charge in [0.1, 0.15) is 0 Å². The molecule has 0 aromatic heterocycles. The van der Waals surface area contributed by atoms with Crippen LogP contribution in [-0.2, 0) is 4.79 Å². The molecule has 2 aromatic rings. The first-order valence-electron chi connectivity index (χ1n) is 8.66. The lowest BCUT2D eigenvalue weighted by Crippen LogP contribution is -2.31. The van der Waals surface area contributed by atoms with E-state index in [2.05, 4.69) is 56.5 Å². The highest BCUT2D eigenvalue weighted by Crippen LogP contribution is 2.26. The van der Waals surface area contributed by atoms with Gasteiger partial charge in [0.2, 0.25) is 5.91 Å². The molecule has 132 valence electrons. The van der Waals surface area contributed by atoms with Crippen LogP contribution in [0.1, 0.15) is 12.8 Å². The predicted molar refractivity (Wildman–Crippen MR) is 109 cm³/mol. The van der Waals surface area contributed by atoms with Gasteiger partial charge in [-0.05, 0) is 42.7 Å². The highest BCUT2D eigenvalue weighted by Gasteiger charge is 2.23. The lowest BCUT2D eigenvalue weighted by molar-refractivity contribution is -0.120. The number of hydrogen-bond acceptors (Lipinski definition) is 3. The summed E-state index contributed by atoms with van der Waals surface area (Å²) in [7, 11) is 0. The Labute approximate surface area is 162 Å². The smallest absolute Gasteiger partial charge is 0.220 e. The number of anilines is 1. The molecule has 0 bridgehead atoms. The van der Waals surface area contributed by atoms with E-state index in [4.69, 9.17) is 0 Å². The highest BCUT2D eigenvalue weighted by molar-refractivity contribution is 9.10. The van der Waals surface area contributed by atoms with Crippen LogP contribution in [-0.4, -0.2) is 31.3 Å². The normalized spacial score (nSPS) is 16.8. The minimum Gasteiger partial charge on any atom is -0.371 e. The van der Waals surface area contributed by atoms with Crippen molar-refractivity contribution in [2.24, 2.45) is 5.92 Å². The third-order valence-electron chi connectivity index (χ3n) is 4.39. The quantitative estimate of drug-likeness (QED) is 0.668. The Hall–Kier alpha value is -1.46. The van der Waals surface area contributed by atoms with E-state index in [0.29, 0.717) is 12.3 Å². The van der Waals surface area contributed by atoms with Crippen LogP contribution < -0.4 is 10.2 Å². The molecule has 1 unspecified atom stereocenters. The van der Waals surface area contributed by atoms with Gasteiger partial charge in [0, 0.05) is 46.9 Å². The zero-order valence-electron chi connectivity index (χ0n) is 14.2. The summed E-state index contributed by atoms with van der Waals surface area (Å²) in [5.41, 5.74) is 1.25. The zero-order chi connectivity index (χ0) is 17.5. The molecule has 1 aliphatic rings. The number of thioether (sulfide) groups is 1. The minimum absolute atomic E-state index is 0.157. The van der Waals surface area contributed by atoms with Crippen molar-refractivity contribution in [3.63, 3.8) is 0 Å². The molecule has 0 radical (unpaired) electrons. The molecule has 3 rings (SSSR count). The van der Waals surface area contributed by atoms with E-state index in [0.717, 1.165) is 36.3 Å². The molecule has 1 saturated heterocycles. The molecule has 0 aliphatic carbocycles. The fraction of sp³-hybridized carbons (Fsp3) is 0.350. The number of amides is 1. The summed E-state index contributed by atoms with van der Waals surface area (Å²) in [6.07, 6.45) is 1.70. The lowest BCUT2D eigenvalue weighted by Gasteiger charge is -2.19. The molecule has 0 spiro atoms. The van der Waals surface area contributed by atoms with Gasteiger partial charge in [0.15, 0.2) is 0 Å². The number of halogens is 1. The van der Waals surface area contributed by atoms with Gasteiger partial charge < -0.3 is 10.2 Å². The van der Waals surface area contributed by atoms with Crippen molar-refractivity contribution in [3.05, 3.63) is 59.1 Å². The first kappa shape index (κ1) is 18.3. The van der Waals surface area contributed by atoms with Crippen molar-refractivity contribution in [3.8, 4) is 0 Å². The summed E-state index contributed by atoms with van der Waals surface area (Å²) < 4.78 is 1.11. The third kappa shape index (κ3) is 5.79. The van der Waals surface area contributed by atoms with Crippen LogP contribution in [0.4, 0.5) is 5.69 Å². The Kier molecular flexibility index (Phi) is 6.82. The molecule has 5 heteroatoms. The number of hydrogen-bond donors (Lipinski definition) is 1. The van der Waals surface area contributed by atoms with Gasteiger partial charge in [-0.15, -0.1) is 11.8 Å². The maximum absolute atomic E-state index is 12.0. The summed E-state index contributed by atoms with van der Waals surface area (Å²) in [4.78, 5) is 15.7. The fourth-order valence-electron chi connectivity index (χ4n) is 3.03. The topological polar surface area (TPSA) is 32.3 Å². The monoisotopic (exact) mass is 418 g/mol. The Balaban J connectivity index is 1.35. The van der Waals surface area contributed by atoms with Crippen molar-refractivity contribution in [1.82, 2.24) is 5.32 Å². The van der Waals surface area contributed by atoms with E-state index >= 15 is 0 Å². The van der Waals surface area contributed by atoms with E-state index in [-0.39, 0.29) is 5.91 Å². The summed E-state index contributed by atoms with van der Waals surface area (Å²) in [5, 5.41) is 3.11. The summed E-state index contributed by atoms with van der Waals surface area (Å²) in [6, 6.07) is 18.6. The Bertz CT molecular complexity index is 695. The second-order valence-corrected chi connectivity index (χ2v) is 8.38.